The number of benzene rings is 1. The van der Waals surface area contributed by atoms with Crippen molar-refractivity contribution in [1.29, 1.82) is 0 Å². The van der Waals surface area contributed by atoms with Crippen LogP contribution in [0.5, 0.6) is 0 Å². The van der Waals surface area contributed by atoms with Crippen molar-refractivity contribution >= 4 is 37.3 Å². The molecular formula is C17H17BrN2O2S2. The van der Waals surface area contributed by atoms with Gasteiger partial charge in [0, 0.05) is 18.4 Å². The van der Waals surface area contributed by atoms with Gasteiger partial charge in [-0.25, -0.2) is 13.1 Å². The number of aryl methyl sites for hydroxylation is 1. The van der Waals surface area contributed by atoms with Crippen LogP contribution in [0, 0.1) is 6.92 Å². The molecule has 0 bridgehead atoms. The molecule has 0 fully saturated rings. The van der Waals surface area contributed by atoms with E-state index in [1.165, 1.54) is 22.5 Å². The maximum atomic E-state index is 12.3. The number of nitrogens with zero attached hydrogens (tertiary/aromatic N) is 1. The minimum atomic E-state index is -3.49. The Balaban J connectivity index is 1.72. The molecule has 3 rings (SSSR count). The Hall–Kier alpha value is -1.41. The Labute approximate surface area is 154 Å². The third-order valence-corrected chi connectivity index (χ3v) is 7.13. The van der Waals surface area contributed by atoms with E-state index in [9.17, 15) is 8.42 Å². The second-order valence-corrected chi connectivity index (χ2v) is 9.96. The van der Waals surface area contributed by atoms with Crippen LogP contribution >= 0.6 is 27.3 Å². The molecule has 1 aromatic carbocycles. The van der Waals surface area contributed by atoms with Gasteiger partial charge in [0.25, 0.3) is 0 Å². The van der Waals surface area contributed by atoms with Crippen LogP contribution in [-0.4, -0.2) is 13.0 Å². The fraction of sp³-hybridized carbons (Fsp3) is 0.176. The normalized spacial score (nSPS) is 11.8. The Morgan fingerprint density at radius 1 is 1.17 bits per heavy atom. The molecule has 0 saturated carbocycles. The van der Waals surface area contributed by atoms with Crippen molar-refractivity contribution in [2.75, 3.05) is 0 Å². The largest absolute Gasteiger partial charge is 0.346 e. The molecule has 0 amide bonds. The predicted molar refractivity (Wildman–Crippen MR) is 101 cm³/mol. The molecule has 3 aromatic rings. The number of aromatic nitrogens is 1. The van der Waals surface area contributed by atoms with Crippen molar-refractivity contribution in [2.45, 2.75) is 24.2 Å². The van der Waals surface area contributed by atoms with E-state index >= 15 is 0 Å². The predicted octanol–water partition coefficient (Wildman–Crippen LogP) is 4.15. The molecule has 0 saturated heterocycles. The number of hydrogen-bond donors (Lipinski definition) is 1. The molecule has 2 heterocycles. The van der Waals surface area contributed by atoms with E-state index in [4.69, 9.17) is 0 Å². The van der Waals surface area contributed by atoms with Gasteiger partial charge in [0.05, 0.1) is 10.3 Å². The second-order valence-electron chi connectivity index (χ2n) is 5.50. The van der Waals surface area contributed by atoms with Crippen molar-refractivity contribution in [2.24, 2.45) is 0 Å². The first-order chi connectivity index (χ1) is 11.4. The minimum Gasteiger partial charge on any atom is -0.346 e. The lowest BCUT2D eigenvalue weighted by Crippen LogP contribution is -2.23. The molecule has 0 unspecified atom stereocenters. The monoisotopic (exact) mass is 424 g/mol. The lowest BCUT2D eigenvalue weighted by molar-refractivity contribution is 0.580. The van der Waals surface area contributed by atoms with Gasteiger partial charge in [-0.3, -0.25) is 0 Å². The van der Waals surface area contributed by atoms with Gasteiger partial charge in [0.1, 0.15) is 4.21 Å². The Morgan fingerprint density at radius 2 is 2.00 bits per heavy atom. The molecule has 0 aliphatic heterocycles. The van der Waals surface area contributed by atoms with Crippen LogP contribution in [0.15, 0.2) is 62.7 Å². The lowest BCUT2D eigenvalue weighted by atomic mass is 10.1. The van der Waals surface area contributed by atoms with E-state index in [2.05, 4.69) is 50.3 Å². The summed E-state index contributed by atoms with van der Waals surface area (Å²) < 4.78 is 30.5. The molecule has 0 spiro atoms. The summed E-state index contributed by atoms with van der Waals surface area (Å²) in [4.78, 5) is 0. The summed E-state index contributed by atoms with van der Waals surface area (Å²) in [6.07, 6.45) is 1.97. The molecule has 0 aliphatic carbocycles. The molecule has 24 heavy (non-hydrogen) atoms. The van der Waals surface area contributed by atoms with Crippen LogP contribution in [0.4, 0.5) is 0 Å². The highest BCUT2D eigenvalue weighted by atomic mass is 79.9. The molecular weight excluding hydrogens is 408 g/mol. The summed E-state index contributed by atoms with van der Waals surface area (Å²) in [5.41, 5.74) is 3.33. The highest BCUT2D eigenvalue weighted by molar-refractivity contribution is 9.11. The van der Waals surface area contributed by atoms with Gasteiger partial charge in [-0.1, -0.05) is 29.8 Å². The van der Waals surface area contributed by atoms with Gasteiger partial charge in [-0.15, -0.1) is 11.3 Å². The maximum absolute atomic E-state index is 12.3. The Kier molecular flexibility index (Phi) is 5.24. The van der Waals surface area contributed by atoms with Crippen molar-refractivity contribution < 1.29 is 8.42 Å². The van der Waals surface area contributed by atoms with Crippen LogP contribution in [0.3, 0.4) is 0 Å². The lowest BCUT2D eigenvalue weighted by Gasteiger charge is -2.11. The summed E-state index contributed by atoms with van der Waals surface area (Å²) in [6.45, 7) is 3.04. The number of hydrogen-bond acceptors (Lipinski definition) is 3. The zero-order valence-electron chi connectivity index (χ0n) is 13.1. The van der Waals surface area contributed by atoms with E-state index in [1.807, 2.05) is 24.4 Å². The number of thiophene rings is 1. The molecule has 7 heteroatoms. The number of rotatable bonds is 6. The summed E-state index contributed by atoms with van der Waals surface area (Å²) >= 11 is 4.49. The summed E-state index contributed by atoms with van der Waals surface area (Å²) in [7, 11) is -3.49. The average molecular weight is 425 g/mol. The smallest absolute Gasteiger partial charge is 0.250 e. The van der Waals surface area contributed by atoms with E-state index in [1.54, 1.807) is 12.1 Å². The van der Waals surface area contributed by atoms with Gasteiger partial charge in [0.15, 0.2) is 0 Å². The number of nitrogens with one attached hydrogen (secondary N) is 1. The second kappa shape index (κ2) is 7.23. The van der Waals surface area contributed by atoms with Gasteiger partial charge in [-0.05, 0) is 52.7 Å². The van der Waals surface area contributed by atoms with E-state index < -0.39 is 10.0 Å². The standard InChI is InChI=1S/C17H17BrN2O2S2/c1-13-4-2-5-14(10-13)12-20-9-3-6-15(20)11-19-24(21,22)17-8-7-16(18)23-17/h2-10,19H,11-12H2,1H3. The van der Waals surface area contributed by atoms with E-state index in [-0.39, 0.29) is 6.54 Å². The van der Waals surface area contributed by atoms with Crippen molar-refractivity contribution in [3.63, 3.8) is 0 Å². The average Bonchev–Trinajstić information content (AvgIpc) is 3.15. The fourth-order valence-electron chi connectivity index (χ4n) is 2.45. The molecule has 126 valence electrons. The number of halogens is 1. The van der Waals surface area contributed by atoms with Crippen LogP contribution < -0.4 is 4.72 Å². The fourth-order valence-corrected chi connectivity index (χ4v) is 5.51. The zero-order valence-corrected chi connectivity index (χ0v) is 16.3. The van der Waals surface area contributed by atoms with Crippen molar-refractivity contribution in [1.82, 2.24) is 9.29 Å². The molecule has 0 radical (unpaired) electrons. The Morgan fingerprint density at radius 3 is 2.71 bits per heavy atom. The first-order valence-electron chi connectivity index (χ1n) is 7.38. The SMILES string of the molecule is Cc1cccc(Cn2cccc2CNS(=O)(=O)c2ccc(Br)s2)c1. The van der Waals surface area contributed by atoms with Gasteiger partial charge < -0.3 is 4.57 Å². The van der Waals surface area contributed by atoms with Gasteiger partial charge in [0.2, 0.25) is 10.0 Å². The topological polar surface area (TPSA) is 51.1 Å². The highest BCUT2D eigenvalue weighted by Crippen LogP contribution is 2.26. The third kappa shape index (κ3) is 4.16. The van der Waals surface area contributed by atoms with E-state index in [0.29, 0.717) is 4.21 Å². The van der Waals surface area contributed by atoms with Crippen molar-refractivity contribution in [3.05, 3.63) is 75.3 Å². The summed E-state index contributed by atoms with van der Waals surface area (Å²) in [6, 6.07) is 15.5. The molecule has 0 aliphatic rings. The van der Waals surface area contributed by atoms with Crippen LogP contribution in [0.25, 0.3) is 0 Å². The number of sulfonamides is 1. The summed E-state index contributed by atoms with van der Waals surface area (Å²) in [5, 5.41) is 0. The van der Waals surface area contributed by atoms with Crippen LogP contribution in [0.2, 0.25) is 0 Å². The molecule has 0 atom stereocenters. The van der Waals surface area contributed by atoms with Gasteiger partial charge >= 0.3 is 0 Å². The summed E-state index contributed by atoms with van der Waals surface area (Å²) in [5.74, 6) is 0. The van der Waals surface area contributed by atoms with Gasteiger partial charge in [-0.2, -0.15) is 0 Å². The third-order valence-electron chi connectivity index (χ3n) is 3.62. The zero-order chi connectivity index (χ0) is 17.2. The van der Waals surface area contributed by atoms with Crippen molar-refractivity contribution in [3.8, 4) is 0 Å². The minimum absolute atomic E-state index is 0.261. The van der Waals surface area contributed by atoms with E-state index in [0.717, 1.165) is 16.0 Å². The first kappa shape index (κ1) is 17.4. The van der Waals surface area contributed by atoms with Crippen LogP contribution in [0.1, 0.15) is 16.8 Å². The maximum Gasteiger partial charge on any atom is 0.250 e. The quantitative estimate of drug-likeness (QED) is 0.645. The first-order valence-corrected chi connectivity index (χ1v) is 10.5. The molecule has 1 N–H and O–H groups in total. The molecule has 2 aromatic heterocycles. The molecule has 4 nitrogen and oxygen atoms in total. The highest BCUT2D eigenvalue weighted by Gasteiger charge is 2.16. The van der Waals surface area contributed by atoms with Crippen LogP contribution in [-0.2, 0) is 23.1 Å². The Bertz CT molecular complexity index is 945.